The van der Waals surface area contributed by atoms with Gasteiger partial charge in [-0.25, -0.2) is 0 Å². The number of anilines is 1. The van der Waals surface area contributed by atoms with Crippen LogP contribution >= 0.6 is 0 Å². The van der Waals surface area contributed by atoms with Gasteiger partial charge in [0.1, 0.15) is 0 Å². The Morgan fingerprint density at radius 2 is 2.09 bits per heavy atom. The van der Waals surface area contributed by atoms with E-state index >= 15 is 0 Å². The van der Waals surface area contributed by atoms with Gasteiger partial charge in [-0.15, -0.1) is 0 Å². The number of hydrogen-bond acceptors (Lipinski definition) is 3. The van der Waals surface area contributed by atoms with Crippen molar-refractivity contribution in [2.45, 2.75) is 26.0 Å². The Morgan fingerprint density at radius 3 is 2.96 bits per heavy atom. The molecule has 1 unspecified atom stereocenters. The standard InChI is InChI=1S/C19H22N2O2/c1-2-20-13-14-6-5-8-16(12-14)21-19(22)18-17-9-4-3-7-15(17)10-11-23-18/h3-9,12,18,20H,2,10-11,13H2,1H3,(H,21,22). The van der Waals surface area contributed by atoms with Gasteiger partial charge in [-0.2, -0.15) is 0 Å². The van der Waals surface area contributed by atoms with Crippen molar-refractivity contribution in [1.29, 1.82) is 0 Å². The lowest BCUT2D eigenvalue weighted by Gasteiger charge is -2.25. The third kappa shape index (κ3) is 3.78. The normalized spacial score (nSPS) is 16.7. The molecule has 1 amide bonds. The predicted molar refractivity (Wildman–Crippen MR) is 91.3 cm³/mol. The number of hydrogen-bond donors (Lipinski definition) is 2. The molecule has 2 aromatic rings. The van der Waals surface area contributed by atoms with Gasteiger partial charge in [0.15, 0.2) is 6.10 Å². The summed E-state index contributed by atoms with van der Waals surface area (Å²) in [7, 11) is 0. The summed E-state index contributed by atoms with van der Waals surface area (Å²) in [5, 5.41) is 6.26. The van der Waals surface area contributed by atoms with Gasteiger partial charge in [0, 0.05) is 12.2 Å². The minimum Gasteiger partial charge on any atom is -0.363 e. The largest absolute Gasteiger partial charge is 0.363 e. The first-order valence-corrected chi connectivity index (χ1v) is 8.08. The van der Waals surface area contributed by atoms with Crippen LogP contribution in [0.2, 0.25) is 0 Å². The number of rotatable bonds is 5. The number of ether oxygens (including phenoxy) is 1. The van der Waals surface area contributed by atoms with E-state index in [1.807, 2.05) is 42.5 Å². The van der Waals surface area contributed by atoms with Crippen molar-refractivity contribution in [2.24, 2.45) is 0 Å². The second-order valence-corrected chi connectivity index (χ2v) is 5.67. The van der Waals surface area contributed by atoms with E-state index in [0.29, 0.717) is 6.61 Å². The molecule has 0 spiro atoms. The van der Waals surface area contributed by atoms with E-state index in [1.165, 1.54) is 5.56 Å². The summed E-state index contributed by atoms with van der Waals surface area (Å²) in [4.78, 5) is 12.6. The molecule has 23 heavy (non-hydrogen) atoms. The fraction of sp³-hybridized carbons (Fsp3) is 0.316. The van der Waals surface area contributed by atoms with Crippen molar-refractivity contribution in [3.05, 3.63) is 65.2 Å². The Morgan fingerprint density at radius 1 is 1.22 bits per heavy atom. The van der Waals surface area contributed by atoms with Crippen LogP contribution in [0, 0.1) is 0 Å². The fourth-order valence-corrected chi connectivity index (χ4v) is 2.85. The van der Waals surface area contributed by atoms with E-state index in [-0.39, 0.29) is 5.91 Å². The van der Waals surface area contributed by atoms with Crippen molar-refractivity contribution in [3.63, 3.8) is 0 Å². The smallest absolute Gasteiger partial charge is 0.258 e. The van der Waals surface area contributed by atoms with Gasteiger partial charge < -0.3 is 15.4 Å². The van der Waals surface area contributed by atoms with Crippen molar-refractivity contribution in [1.82, 2.24) is 5.32 Å². The predicted octanol–water partition coefficient (Wildman–Crippen LogP) is 3.05. The first-order chi connectivity index (χ1) is 11.3. The highest BCUT2D eigenvalue weighted by atomic mass is 16.5. The van der Waals surface area contributed by atoms with E-state index in [2.05, 4.69) is 23.6 Å². The van der Waals surface area contributed by atoms with Crippen molar-refractivity contribution in [2.75, 3.05) is 18.5 Å². The minimum absolute atomic E-state index is 0.113. The van der Waals surface area contributed by atoms with Crippen LogP contribution in [0.25, 0.3) is 0 Å². The Balaban J connectivity index is 1.73. The molecule has 3 rings (SSSR count). The van der Waals surface area contributed by atoms with Gasteiger partial charge in [0.2, 0.25) is 0 Å². The SMILES string of the molecule is CCNCc1cccc(NC(=O)C2OCCc3ccccc32)c1. The molecule has 1 aliphatic heterocycles. The highest BCUT2D eigenvalue weighted by Gasteiger charge is 2.27. The van der Waals surface area contributed by atoms with Gasteiger partial charge in [-0.3, -0.25) is 4.79 Å². The third-order valence-electron chi connectivity index (χ3n) is 4.01. The summed E-state index contributed by atoms with van der Waals surface area (Å²) in [5.41, 5.74) is 4.12. The molecule has 2 N–H and O–H groups in total. The van der Waals surface area contributed by atoms with Crippen molar-refractivity contribution < 1.29 is 9.53 Å². The van der Waals surface area contributed by atoms with Crippen LogP contribution < -0.4 is 10.6 Å². The van der Waals surface area contributed by atoms with Crippen LogP contribution in [0.5, 0.6) is 0 Å². The molecule has 120 valence electrons. The van der Waals surface area contributed by atoms with Crippen LogP contribution in [-0.4, -0.2) is 19.1 Å². The molecule has 2 aromatic carbocycles. The van der Waals surface area contributed by atoms with Crippen LogP contribution in [0.1, 0.15) is 29.7 Å². The molecule has 0 aliphatic carbocycles. The Hall–Kier alpha value is -2.17. The molecule has 0 aromatic heterocycles. The highest BCUT2D eigenvalue weighted by molar-refractivity contribution is 5.95. The van der Waals surface area contributed by atoms with E-state index < -0.39 is 6.10 Å². The van der Waals surface area contributed by atoms with Crippen LogP contribution in [0.15, 0.2) is 48.5 Å². The van der Waals surface area contributed by atoms with Crippen LogP contribution in [0.3, 0.4) is 0 Å². The molecule has 0 radical (unpaired) electrons. The summed E-state index contributed by atoms with van der Waals surface area (Å²) >= 11 is 0. The molecule has 0 saturated carbocycles. The molecule has 4 heteroatoms. The molecule has 0 bridgehead atoms. The summed E-state index contributed by atoms with van der Waals surface area (Å²) < 4.78 is 5.71. The van der Waals surface area contributed by atoms with Gasteiger partial charge in [-0.05, 0) is 41.8 Å². The van der Waals surface area contributed by atoms with Crippen LogP contribution in [-0.2, 0) is 22.5 Å². The second-order valence-electron chi connectivity index (χ2n) is 5.67. The zero-order valence-electron chi connectivity index (χ0n) is 13.3. The number of carbonyl (C=O) groups is 1. The Labute approximate surface area is 136 Å². The molecule has 0 saturated heterocycles. The molecule has 0 fully saturated rings. The summed E-state index contributed by atoms with van der Waals surface area (Å²) in [6.45, 7) is 4.37. The maximum Gasteiger partial charge on any atom is 0.258 e. The van der Waals surface area contributed by atoms with E-state index in [9.17, 15) is 4.79 Å². The lowest BCUT2D eigenvalue weighted by atomic mass is 9.97. The number of carbonyl (C=O) groups excluding carboxylic acids is 1. The molecular weight excluding hydrogens is 288 g/mol. The molecule has 1 atom stereocenters. The van der Waals surface area contributed by atoms with Gasteiger partial charge in [0.25, 0.3) is 5.91 Å². The van der Waals surface area contributed by atoms with Crippen LogP contribution in [0.4, 0.5) is 5.69 Å². The topological polar surface area (TPSA) is 50.4 Å². The highest BCUT2D eigenvalue weighted by Crippen LogP contribution is 2.28. The summed E-state index contributed by atoms with van der Waals surface area (Å²) in [5.74, 6) is -0.113. The fourth-order valence-electron chi connectivity index (χ4n) is 2.85. The van der Waals surface area contributed by atoms with Gasteiger partial charge >= 0.3 is 0 Å². The minimum atomic E-state index is -0.530. The summed E-state index contributed by atoms with van der Waals surface area (Å²) in [6.07, 6.45) is 0.329. The second kappa shape index (κ2) is 7.40. The molecule has 4 nitrogen and oxygen atoms in total. The van der Waals surface area contributed by atoms with Gasteiger partial charge in [-0.1, -0.05) is 43.3 Å². The third-order valence-corrected chi connectivity index (χ3v) is 4.01. The number of nitrogens with one attached hydrogen (secondary N) is 2. The Bertz CT molecular complexity index is 685. The zero-order chi connectivity index (χ0) is 16.1. The quantitative estimate of drug-likeness (QED) is 0.892. The lowest BCUT2D eigenvalue weighted by Crippen LogP contribution is -2.28. The monoisotopic (exact) mass is 310 g/mol. The molecule has 1 aliphatic rings. The number of benzene rings is 2. The molecular formula is C19H22N2O2. The first kappa shape index (κ1) is 15.7. The summed E-state index contributed by atoms with van der Waals surface area (Å²) in [6, 6.07) is 15.9. The Kier molecular flexibility index (Phi) is 5.05. The van der Waals surface area contributed by atoms with Crippen molar-refractivity contribution >= 4 is 11.6 Å². The van der Waals surface area contributed by atoms with Gasteiger partial charge in [0.05, 0.1) is 6.61 Å². The average Bonchev–Trinajstić information content (AvgIpc) is 2.59. The van der Waals surface area contributed by atoms with E-state index in [4.69, 9.17) is 4.74 Å². The number of fused-ring (bicyclic) bond motifs is 1. The first-order valence-electron chi connectivity index (χ1n) is 8.08. The maximum atomic E-state index is 12.6. The average molecular weight is 310 g/mol. The number of amides is 1. The lowest BCUT2D eigenvalue weighted by molar-refractivity contribution is -0.128. The maximum absolute atomic E-state index is 12.6. The van der Waals surface area contributed by atoms with E-state index in [1.54, 1.807) is 0 Å². The van der Waals surface area contributed by atoms with E-state index in [0.717, 1.165) is 36.3 Å². The molecule has 1 heterocycles. The van der Waals surface area contributed by atoms with Crippen molar-refractivity contribution in [3.8, 4) is 0 Å². The zero-order valence-corrected chi connectivity index (χ0v) is 13.3.